The van der Waals surface area contributed by atoms with E-state index in [9.17, 15) is 5.11 Å². The van der Waals surface area contributed by atoms with Crippen LogP contribution in [0.5, 0.6) is 0 Å². The summed E-state index contributed by atoms with van der Waals surface area (Å²) in [6.07, 6.45) is 2.34. The van der Waals surface area contributed by atoms with Gasteiger partial charge in [-0.05, 0) is 44.3 Å². The van der Waals surface area contributed by atoms with Gasteiger partial charge in [0.2, 0.25) is 0 Å². The molecule has 1 saturated carbocycles. The molecule has 14 heavy (non-hydrogen) atoms. The molecule has 0 aromatic carbocycles. The van der Waals surface area contributed by atoms with Crippen LogP contribution in [0, 0.1) is 5.92 Å². The Labute approximate surface area is 89.2 Å². The summed E-state index contributed by atoms with van der Waals surface area (Å²) in [6.45, 7) is 0.734. The van der Waals surface area contributed by atoms with Gasteiger partial charge in [-0.2, -0.15) is 0 Å². The van der Waals surface area contributed by atoms with Gasteiger partial charge in [-0.15, -0.1) is 11.3 Å². The number of thiophene rings is 1. The van der Waals surface area contributed by atoms with Gasteiger partial charge >= 0.3 is 0 Å². The lowest BCUT2D eigenvalue weighted by atomic mass is 9.95. The number of likely N-dealkylation sites (N-methyl/N-ethyl adjacent to an activating group) is 1. The minimum Gasteiger partial charge on any atom is -0.383 e. The molecule has 2 nitrogen and oxygen atoms in total. The van der Waals surface area contributed by atoms with E-state index in [1.54, 1.807) is 11.3 Å². The Hall–Kier alpha value is -0.380. The molecule has 78 valence electrons. The van der Waals surface area contributed by atoms with Crippen molar-refractivity contribution in [3.63, 3.8) is 0 Å². The van der Waals surface area contributed by atoms with Crippen LogP contribution in [0.2, 0.25) is 0 Å². The Morgan fingerprint density at radius 1 is 1.57 bits per heavy atom. The third-order valence-electron chi connectivity index (χ3n) is 2.76. The predicted molar refractivity (Wildman–Crippen MR) is 59.5 cm³/mol. The first kappa shape index (κ1) is 10.1. The molecule has 1 aromatic heterocycles. The molecule has 0 saturated heterocycles. The molecule has 0 bridgehead atoms. The number of nitrogens with zero attached hydrogens (tertiary/aromatic N) is 1. The molecule has 0 radical (unpaired) electrons. The maximum atomic E-state index is 10.7. The highest BCUT2D eigenvalue weighted by molar-refractivity contribution is 7.10. The Morgan fingerprint density at radius 2 is 2.29 bits per heavy atom. The molecular weight excluding hydrogens is 194 g/mol. The molecule has 3 heteroatoms. The molecular formula is C11H17NOS. The van der Waals surface area contributed by atoms with Gasteiger partial charge in [-0.1, -0.05) is 6.07 Å². The van der Waals surface area contributed by atoms with Gasteiger partial charge in [0.1, 0.15) is 5.60 Å². The highest BCUT2D eigenvalue weighted by atomic mass is 32.1. The van der Waals surface area contributed by atoms with Crippen LogP contribution in [-0.4, -0.2) is 30.6 Å². The molecule has 0 aliphatic heterocycles. The van der Waals surface area contributed by atoms with Crippen molar-refractivity contribution in [2.45, 2.75) is 18.4 Å². The zero-order valence-electron chi connectivity index (χ0n) is 8.73. The van der Waals surface area contributed by atoms with Gasteiger partial charge in [-0.25, -0.2) is 0 Å². The lowest BCUT2D eigenvalue weighted by Crippen LogP contribution is -2.38. The quantitative estimate of drug-likeness (QED) is 0.822. The lowest BCUT2D eigenvalue weighted by molar-refractivity contribution is -0.00661. The van der Waals surface area contributed by atoms with Crippen molar-refractivity contribution >= 4 is 11.3 Å². The summed E-state index contributed by atoms with van der Waals surface area (Å²) < 4.78 is 0. The van der Waals surface area contributed by atoms with E-state index < -0.39 is 5.60 Å². The van der Waals surface area contributed by atoms with E-state index in [0.29, 0.717) is 5.92 Å². The monoisotopic (exact) mass is 211 g/mol. The molecule has 1 heterocycles. The Morgan fingerprint density at radius 3 is 2.71 bits per heavy atom. The van der Waals surface area contributed by atoms with E-state index >= 15 is 0 Å². The number of hydrogen-bond acceptors (Lipinski definition) is 3. The molecule has 1 aliphatic carbocycles. The normalized spacial score (nSPS) is 21.1. The summed E-state index contributed by atoms with van der Waals surface area (Å²) in [4.78, 5) is 3.19. The lowest BCUT2D eigenvalue weighted by Gasteiger charge is -2.30. The Kier molecular flexibility index (Phi) is 2.64. The van der Waals surface area contributed by atoms with Crippen molar-refractivity contribution < 1.29 is 5.11 Å². The average Bonchev–Trinajstić information content (AvgIpc) is 2.80. The predicted octanol–water partition coefficient (Wildman–Crippen LogP) is 1.91. The Bertz CT molecular complexity index is 292. The molecule has 1 N–H and O–H groups in total. The molecule has 1 aromatic rings. The van der Waals surface area contributed by atoms with E-state index in [4.69, 9.17) is 0 Å². The summed E-state index contributed by atoms with van der Waals surface area (Å²) in [7, 11) is 4.03. The van der Waals surface area contributed by atoms with Crippen molar-refractivity contribution in [2.75, 3.05) is 20.6 Å². The van der Waals surface area contributed by atoms with Gasteiger partial charge in [0.25, 0.3) is 0 Å². The average molecular weight is 211 g/mol. The first-order valence-corrected chi connectivity index (χ1v) is 5.92. The van der Waals surface area contributed by atoms with Gasteiger partial charge < -0.3 is 10.0 Å². The van der Waals surface area contributed by atoms with Crippen molar-refractivity contribution in [2.24, 2.45) is 5.92 Å². The summed E-state index contributed by atoms with van der Waals surface area (Å²) in [5.74, 6) is 0.476. The van der Waals surface area contributed by atoms with Crippen molar-refractivity contribution in [3.8, 4) is 0 Å². The molecule has 1 fully saturated rings. The molecule has 0 spiro atoms. The standard InChI is InChI=1S/C11H17NOS/c1-12(2)8-11(13,9-5-6-9)10-4-3-7-14-10/h3-4,7,9,13H,5-6,8H2,1-2H3. The second-order valence-electron chi connectivity index (χ2n) is 4.41. The number of rotatable bonds is 4. The van der Waals surface area contributed by atoms with Crippen molar-refractivity contribution in [1.82, 2.24) is 4.90 Å². The van der Waals surface area contributed by atoms with Gasteiger partial charge in [0.05, 0.1) is 0 Å². The molecule has 0 amide bonds. The zero-order valence-corrected chi connectivity index (χ0v) is 9.55. The van der Waals surface area contributed by atoms with Crippen molar-refractivity contribution in [1.29, 1.82) is 0 Å². The third-order valence-corrected chi connectivity index (χ3v) is 3.79. The molecule has 1 aliphatic rings. The van der Waals surface area contributed by atoms with E-state index in [1.165, 1.54) is 12.8 Å². The van der Waals surface area contributed by atoms with Crippen LogP contribution in [0.3, 0.4) is 0 Å². The van der Waals surface area contributed by atoms with E-state index in [2.05, 4.69) is 4.90 Å². The molecule has 1 atom stereocenters. The third kappa shape index (κ3) is 1.85. The van der Waals surface area contributed by atoms with Gasteiger partial charge in [-0.3, -0.25) is 0 Å². The fraction of sp³-hybridized carbons (Fsp3) is 0.636. The SMILES string of the molecule is CN(C)CC(O)(c1cccs1)C1CC1. The van der Waals surface area contributed by atoms with Gasteiger partial charge in [0, 0.05) is 11.4 Å². The smallest absolute Gasteiger partial charge is 0.114 e. The summed E-state index contributed by atoms with van der Waals surface area (Å²) in [5, 5.41) is 12.7. The van der Waals surface area contributed by atoms with Crippen molar-refractivity contribution in [3.05, 3.63) is 22.4 Å². The van der Waals surface area contributed by atoms with Crippen LogP contribution in [0.4, 0.5) is 0 Å². The second-order valence-corrected chi connectivity index (χ2v) is 5.36. The van der Waals surface area contributed by atoms with Crippen LogP contribution >= 0.6 is 11.3 Å². The maximum Gasteiger partial charge on any atom is 0.114 e. The van der Waals surface area contributed by atoms with E-state index in [1.807, 2.05) is 31.6 Å². The van der Waals surface area contributed by atoms with Crippen LogP contribution < -0.4 is 0 Å². The molecule has 1 unspecified atom stereocenters. The minimum atomic E-state index is -0.600. The Balaban J connectivity index is 2.21. The van der Waals surface area contributed by atoms with E-state index in [0.717, 1.165) is 11.4 Å². The summed E-state index contributed by atoms with van der Waals surface area (Å²) in [6, 6.07) is 4.06. The van der Waals surface area contributed by atoms with Crippen LogP contribution in [-0.2, 0) is 5.60 Å². The zero-order chi connectivity index (χ0) is 10.2. The highest BCUT2D eigenvalue weighted by Crippen LogP contribution is 2.47. The maximum absolute atomic E-state index is 10.7. The number of aliphatic hydroxyl groups is 1. The fourth-order valence-corrected chi connectivity index (χ4v) is 2.87. The first-order chi connectivity index (χ1) is 6.63. The molecule has 2 rings (SSSR count). The van der Waals surface area contributed by atoms with E-state index in [-0.39, 0.29) is 0 Å². The van der Waals surface area contributed by atoms with Gasteiger partial charge in [0.15, 0.2) is 0 Å². The highest BCUT2D eigenvalue weighted by Gasteiger charge is 2.45. The largest absolute Gasteiger partial charge is 0.383 e. The van der Waals surface area contributed by atoms with Crippen LogP contribution in [0.15, 0.2) is 17.5 Å². The summed E-state index contributed by atoms with van der Waals surface area (Å²) in [5.41, 5.74) is -0.600. The summed E-state index contributed by atoms with van der Waals surface area (Å²) >= 11 is 1.66. The first-order valence-electron chi connectivity index (χ1n) is 5.04. The minimum absolute atomic E-state index is 0.476. The topological polar surface area (TPSA) is 23.5 Å². The second kappa shape index (κ2) is 3.65. The number of hydrogen-bond donors (Lipinski definition) is 1. The van der Waals surface area contributed by atoms with Crippen LogP contribution in [0.25, 0.3) is 0 Å². The fourth-order valence-electron chi connectivity index (χ4n) is 1.98. The van der Waals surface area contributed by atoms with Crippen LogP contribution in [0.1, 0.15) is 17.7 Å².